The zero-order chi connectivity index (χ0) is 20.8. The summed E-state index contributed by atoms with van der Waals surface area (Å²) in [6.45, 7) is 0. The molecule has 0 aliphatic heterocycles. The SMILES string of the molecule is Oc1ccc(Br)cc1/C=N/N=C(CSc1ccc2ccccc2n1)c1ccccc1. The van der Waals surface area contributed by atoms with Gasteiger partial charge in [-0.2, -0.15) is 10.2 Å². The van der Waals surface area contributed by atoms with Crippen LogP contribution in [-0.2, 0) is 0 Å². The standard InChI is InChI=1S/C24H18BrN3OS/c25-20-11-12-23(29)19(14-20)15-26-28-22(17-6-2-1-3-7-17)16-30-24-13-10-18-8-4-5-9-21(18)27-24/h1-15,29H,16H2/b26-15+,28-22?. The minimum atomic E-state index is 0.160. The number of halogens is 1. The molecule has 0 bridgehead atoms. The Morgan fingerprint density at radius 1 is 0.967 bits per heavy atom. The molecule has 0 amide bonds. The molecule has 1 aromatic heterocycles. The molecule has 4 nitrogen and oxygen atoms in total. The van der Waals surface area contributed by atoms with Crippen molar-refractivity contribution >= 4 is 50.5 Å². The van der Waals surface area contributed by atoms with Crippen molar-refractivity contribution in [1.29, 1.82) is 0 Å². The summed E-state index contributed by atoms with van der Waals surface area (Å²) in [7, 11) is 0. The second kappa shape index (κ2) is 9.69. The van der Waals surface area contributed by atoms with Gasteiger partial charge in [-0.3, -0.25) is 0 Å². The van der Waals surface area contributed by atoms with Gasteiger partial charge in [-0.25, -0.2) is 4.98 Å². The van der Waals surface area contributed by atoms with Crippen LogP contribution in [0.15, 0.2) is 105 Å². The monoisotopic (exact) mass is 475 g/mol. The highest BCUT2D eigenvalue weighted by Crippen LogP contribution is 2.22. The molecule has 30 heavy (non-hydrogen) atoms. The number of phenolic OH excluding ortho intramolecular Hbond substituents is 1. The van der Waals surface area contributed by atoms with E-state index in [1.54, 1.807) is 36.2 Å². The van der Waals surface area contributed by atoms with Crippen LogP contribution >= 0.6 is 27.7 Å². The number of nitrogens with zero attached hydrogens (tertiary/aromatic N) is 3. The van der Waals surface area contributed by atoms with E-state index in [1.807, 2.05) is 54.6 Å². The van der Waals surface area contributed by atoms with Crippen molar-refractivity contribution in [3.8, 4) is 5.75 Å². The zero-order valence-electron chi connectivity index (χ0n) is 15.9. The van der Waals surface area contributed by atoms with Gasteiger partial charge in [0.15, 0.2) is 0 Å². The fourth-order valence-corrected chi connectivity index (χ4v) is 4.07. The van der Waals surface area contributed by atoms with Gasteiger partial charge in [0.25, 0.3) is 0 Å². The van der Waals surface area contributed by atoms with Gasteiger partial charge in [0.2, 0.25) is 0 Å². The molecule has 148 valence electrons. The Labute approximate surface area is 187 Å². The molecule has 6 heteroatoms. The zero-order valence-corrected chi connectivity index (χ0v) is 18.3. The van der Waals surface area contributed by atoms with E-state index in [-0.39, 0.29) is 5.75 Å². The minimum Gasteiger partial charge on any atom is -0.507 e. The molecule has 4 aromatic rings. The van der Waals surface area contributed by atoms with Crippen LogP contribution in [-0.4, -0.2) is 27.8 Å². The van der Waals surface area contributed by atoms with E-state index in [9.17, 15) is 5.11 Å². The summed E-state index contributed by atoms with van der Waals surface area (Å²) in [4.78, 5) is 4.72. The van der Waals surface area contributed by atoms with E-state index in [2.05, 4.69) is 38.3 Å². The summed E-state index contributed by atoms with van der Waals surface area (Å²) in [5, 5.41) is 20.7. The first-order valence-corrected chi connectivity index (χ1v) is 11.1. The molecule has 4 rings (SSSR count). The Morgan fingerprint density at radius 3 is 2.63 bits per heavy atom. The first-order valence-electron chi connectivity index (χ1n) is 9.31. The van der Waals surface area contributed by atoms with E-state index < -0.39 is 0 Å². The highest BCUT2D eigenvalue weighted by Gasteiger charge is 2.07. The average Bonchev–Trinajstić information content (AvgIpc) is 2.78. The predicted molar refractivity (Wildman–Crippen MR) is 129 cm³/mol. The maximum absolute atomic E-state index is 9.98. The second-order valence-corrected chi connectivity index (χ2v) is 8.40. The molecule has 0 unspecified atom stereocenters. The second-order valence-electron chi connectivity index (χ2n) is 6.49. The molecule has 0 saturated heterocycles. The number of fused-ring (bicyclic) bond motifs is 1. The first kappa shape index (κ1) is 20.3. The summed E-state index contributed by atoms with van der Waals surface area (Å²) < 4.78 is 0.868. The highest BCUT2D eigenvalue weighted by molar-refractivity contribution is 9.10. The lowest BCUT2D eigenvalue weighted by molar-refractivity contribution is 0.474. The van der Waals surface area contributed by atoms with Crippen molar-refractivity contribution in [2.24, 2.45) is 10.2 Å². The van der Waals surface area contributed by atoms with Crippen LogP contribution in [0.3, 0.4) is 0 Å². The lowest BCUT2D eigenvalue weighted by atomic mass is 10.1. The Morgan fingerprint density at radius 2 is 1.77 bits per heavy atom. The number of hydrogen-bond donors (Lipinski definition) is 1. The summed E-state index contributed by atoms with van der Waals surface area (Å²) in [6, 6.07) is 27.3. The Hall–Kier alpha value is -2.96. The summed E-state index contributed by atoms with van der Waals surface area (Å²) in [5.74, 6) is 0.783. The largest absolute Gasteiger partial charge is 0.507 e. The van der Waals surface area contributed by atoms with E-state index in [4.69, 9.17) is 4.98 Å². The van der Waals surface area contributed by atoms with Gasteiger partial charge in [0, 0.05) is 21.2 Å². The fraction of sp³-hybridized carbons (Fsp3) is 0.0417. The third kappa shape index (κ3) is 5.14. The first-order chi connectivity index (χ1) is 14.7. The Bertz CT molecular complexity index is 1230. The fourth-order valence-electron chi connectivity index (χ4n) is 2.86. The smallest absolute Gasteiger partial charge is 0.124 e. The Kier molecular flexibility index (Phi) is 6.57. The van der Waals surface area contributed by atoms with Crippen LogP contribution in [0.4, 0.5) is 0 Å². The number of rotatable bonds is 6. The summed E-state index contributed by atoms with van der Waals surface area (Å²) >= 11 is 5.02. The maximum Gasteiger partial charge on any atom is 0.124 e. The third-order valence-electron chi connectivity index (χ3n) is 4.40. The number of benzene rings is 3. The van der Waals surface area contributed by atoms with Gasteiger partial charge in [-0.15, -0.1) is 0 Å². The third-order valence-corrected chi connectivity index (χ3v) is 5.84. The van der Waals surface area contributed by atoms with Gasteiger partial charge < -0.3 is 5.11 Å². The molecule has 0 fully saturated rings. The van der Waals surface area contributed by atoms with Crippen LogP contribution < -0.4 is 0 Å². The van der Waals surface area contributed by atoms with Crippen LogP contribution in [0.25, 0.3) is 10.9 Å². The van der Waals surface area contributed by atoms with E-state index in [1.165, 1.54) is 0 Å². The molecule has 0 spiro atoms. The van der Waals surface area contributed by atoms with Gasteiger partial charge in [-0.1, -0.05) is 82.3 Å². The van der Waals surface area contributed by atoms with Crippen molar-refractivity contribution in [3.63, 3.8) is 0 Å². The van der Waals surface area contributed by atoms with Crippen molar-refractivity contribution in [1.82, 2.24) is 4.98 Å². The molecule has 0 saturated carbocycles. The van der Waals surface area contributed by atoms with Gasteiger partial charge >= 0.3 is 0 Å². The van der Waals surface area contributed by atoms with Crippen LogP contribution in [0, 0.1) is 0 Å². The lowest BCUT2D eigenvalue weighted by Gasteiger charge is -2.06. The normalized spacial score (nSPS) is 12.0. The van der Waals surface area contributed by atoms with Crippen molar-refractivity contribution in [2.45, 2.75) is 5.03 Å². The van der Waals surface area contributed by atoms with Crippen LogP contribution in [0.1, 0.15) is 11.1 Å². The van der Waals surface area contributed by atoms with Gasteiger partial charge in [0.1, 0.15) is 5.75 Å². The minimum absolute atomic E-state index is 0.160. The van der Waals surface area contributed by atoms with Gasteiger partial charge in [-0.05, 0) is 35.9 Å². The number of phenols is 1. The highest BCUT2D eigenvalue weighted by atomic mass is 79.9. The molecule has 0 aliphatic carbocycles. The number of aromatic nitrogens is 1. The molecule has 0 radical (unpaired) electrons. The maximum atomic E-state index is 9.98. The predicted octanol–water partition coefficient (Wildman–Crippen LogP) is 6.32. The average molecular weight is 476 g/mol. The molecular formula is C24H18BrN3OS. The van der Waals surface area contributed by atoms with E-state index in [0.29, 0.717) is 11.3 Å². The number of hydrogen-bond acceptors (Lipinski definition) is 5. The topological polar surface area (TPSA) is 57.8 Å². The summed E-state index contributed by atoms with van der Waals surface area (Å²) in [5.41, 5.74) is 3.41. The molecule has 1 heterocycles. The molecule has 3 aromatic carbocycles. The van der Waals surface area contributed by atoms with E-state index >= 15 is 0 Å². The number of aromatic hydroxyl groups is 1. The van der Waals surface area contributed by atoms with E-state index in [0.717, 1.165) is 31.7 Å². The Balaban J connectivity index is 1.57. The molecule has 1 N–H and O–H groups in total. The lowest BCUT2D eigenvalue weighted by Crippen LogP contribution is -2.04. The van der Waals surface area contributed by atoms with Crippen LogP contribution in [0.5, 0.6) is 5.75 Å². The molecular weight excluding hydrogens is 458 g/mol. The summed E-state index contributed by atoms with van der Waals surface area (Å²) in [6.07, 6.45) is 1.56. The number of pyridine rings is 1. The number of thioether (sulfide) groups is 1. The molecule has 0 aliphatic rings. The van der Waals surface area contributed by atoms with Gasteiger partial charge in [0.05, 0.1) is 22.5 Å². The quantitative estimate of drug-likeness (QED) is 0.201. The van der Waals surface area contributed by atoms with Crippen molar-refractivity contribution < 1.29 is 5.11 Å². The van der Waals surface area contributed by atoms with Crippen molar-refractivity contribution in [2.75, 3.05) is 5.75 Å². The molecule has 0 atom stereocenters. The van der Waals surface area contributed by atoms with Crippen LogP contribution in [0.2, 0.25) is 0 Å². The number of para-hydroxylation sites is 1. The van der Waals surface area contributed by atoms with Crippen molar-refractivity contribution in [3.05, 3.63) is 101 Å².